The molecule has 0 spiro atoms. The van der Waals surface area contributed by atoms with Crippen LogP contribution in [-0.4, -0.2) is 20.0 Å². The Hall–Kier alpha value is -1.13. The number of hydrogen-bond donors (Lipinski definition) is 1. The fourth-order valence-electron chi connectivity index (χ4n) is 1.92. The van der Waals surface area contributed by atoms with Gasteiger partial charge in [0, 0.05) is 13.0 Å². The van der Waals surface area contributed by atoms with Crippen LogP contribution in [-0.2, 0) is 10.3 Å². The first-order valence-electron chi connectivity index (χ1n) is 5.01. The van der Waals surface area contributed by atoms with Crippen molar-refractivity contribution in [3.05, 3.63) is 35.9 Å². The van der Waals surface area contributed by atoms with Gasteiger partial charge in [0.2, 0.25) is 10.3 Å². The van der Waals surface area contributed by atoms with Crippen molar-refractivity contribution in [1.29, 1.82) is 0 Å². The molecule has 15 heavy (non-hydrogen) atoms. The molecule has 80 valence electrons. The minimum absolute atomic E-state index is 0.334. The van der Waals surface area contributed by atoms with Crippen molar-refractivity contribution in [3.63, 3.8) is 0 Å². The lowest BCUT2D eigenvalue weighted by Gasteiger charge is -2.22. The average Bonchev–Trinajstić information content (AvgIpc) is 2.30. The normalized spacial score (nSPS) is 21.3. The number of piperidine rings is 1. The summed E-state index contributed by atoms with van der Waals surface area (Å²) in [6.07, 6.45) is 1.59. The molecule has 1 aliphatic heterocycles. The van der Waals surface area contributed by atoms with E-state index in [-0.39, 0.29) is 0 Å². The number of rotatable bonds is 1. The molecule has 0 aliphatic carbocycles. The molecule has 0 saturated carbocycles. The summed E-state index contributed by atoms with van der Waals surface area (Å²) in [5.41, 5.74) is 1.22. The second-order valence-corrected chi connectivity index (χ2v) is 4.65. The van der Waals surface area contributed by atoms with Gasteiger partial charge in [0.25, 0.3) is 0 Å². The first kappa shape index (κ1) is 10.4. The molecule has 1 fully saturated rings. The Morgan fingerprint density at radius 1 is 1.20 bits per heavy atom. The zero-order valence-corrected chi connectivity index (χ0v) is 9.13. The maximum atomic E-state index is 10.8. The summed E-state index contributed by atoms with van der Waals surface area (Å²) in [7, 11) is -2.09. The molecule has 1 aliphatic rings. The van der Waals surface area contributed by atoms with Crippen molar-refractivity contribution < 1.29 is 8.42 Å². The van der Waals surface area contributed by atoms with Crippen molar-refractivity contribution in [3.8, 4) is 0 Å². The SMILES string of the molecule is O=S(=O)=C1CC(c2ccccc2)CCN1. The molecule has 2 rings (SSSR count). The van der Waals surface area contributed by atoms with Crippen LogP contribution in [0.15, 0.2) is 30.3 Å². The monoisotopic (exact) mass is 223 g/mol. The molecule has 1 N–H and O–H groups in total. The zero-order valence-electron chi connectivity index (χ0n) is 8.31. The van der Waals surface area contributed by atoms with Gasteiger partial charge in [0.1, 0.15) is 4.99 Å². The van der Waals surface area contributed by atoms with Gasteiger partial charge >= 0.3 is 0 Å². The molecule has 0 amide bonds. The fourth-order valence-corrected chi connectivity index (χ4v) is 2.48. The molecule has 1 heterocycles. The smallest absolute Gasteiger partial charge is 0.228 e. The third-order valence-corrected chi connectivity index (χ3v) is 3.43. The topological polar surface area (TPSA) is 46.2 Å². The molecule has 0 aromatic heterocycles. The predicted octanol–water partition coefficient (Wildman–Crippen LogP) is 1.16. The Bertz CT molecular complexity index is 457. The van der Waals surface area contributed by atoms with Gasteiger partial charge in [-0.2, -0.15) is 8.42 Å². The molecule has 1 atom stereocenters. The van der Waals surface area contributed by atoms with Crippen LogP contribution in [0.4, 0.5) is 0 Å². The van der Waals surface area contributed by atoms with Crippen molar-refractivity contribution >= 4 is 15.3 Å². The summed E-state index contributed by atoms with van der Waals surface area (Å²) in [4.78, 5) is 0.440. The standard InChI is InChI=1S/C11H13NO2S/c13-15(14)11-8-10(6-7-12-11)9-4-2-1-3-5-9/h1-5,10,12H,6-8H2. The van der Waals surface area contributed by atoms with E-state index in [9.17, 15) is 8.42 Å². The predicted molar refractivity (Wildman–Crippen MR) is 60.3 cm³/mol. The maximum Gasteiger partial charge on any atom is 0.228 e. The second kappa shape index (κ2) is 4.59. The van der Waals surface area contributed by atoms with Gasteiger partial charge < -0.3 is 0 Å². The Morgan fingerprint density at radius 2 is 1.93 bits per heavy atom. The summed E-state index contributed by atoms with van der Waals surface area (Å²) in [5.74, 6) is 0.334. The van der Waals surface area contributed by atoms with Crippen LogP contribution in [0.2, 0.25) is 0 Å². The largest absolute Gasteiger partial charge is 0.279 e. The first-order valence-corrected chi connectivity index (χ1v) is 6.09. The second-order valence-electron chi connectivity index (χ2n) is 3.69. The maximum absolute atomic E-state index is 10.8. The minimum atomic E-state index is -2.09. The molecule has 1 aromatic carbocycles. The summed E-state index contributed by atoms with van der Waals surface area (Å²) >= 11 is 0. The van der Waals surface area contributed by atoms with E-state index in [2.05, 4.69) is 17.4 Å². The quantitative estimate of drug-likeness (QED) is 0.727. The Balaban J connectivity index is 2.22. The van der Waals surface area contributed by atoms with E-state index >= 15 is 0 Å². The molecular formula is C11H13NO2S. The van der Waals surface area contributed by atoms with Crippen LogP contribution < -0.4 is 5.32 Å². The van der Waals surface area contributed by atoms with Gasteiger partial charge in [-0.15, -0.1) is 0 Å². The third kappa shape index (κ3) is 2.46. The lowest BCUT2D eigenvalue weighted by Crippen LogP contribution is -2.33. The third-order valence-electron chi connectivity index (χ3n) is 2.72. The van der Waals surface area contributed by atoms with Crippen molar-refractivity contribution in [2.24, 2.45) is 0 Å². The lowest BCUT2D eigenvalue weighted by molar-refractivity contribution is 0.583. The van der Waals surface area contributed by atoms with Crippen LogP contribution in [0.5, 0.6) is 0 Å². The van der Waals surface area contributed by atoms with E-state index in [0.717, 1.165) is 13.0 Å². The van der Waals surface area contributed by atoms with E-state index in [1.165, 1.54) is 5.56 Å². The van der Waals surface area contributed by atoms with E-state index in [1.54, 1.807) is 0 Å². The molecule has 0 radical (unpaired) electrons. The highest BCUT2D eigenvalue weighted by molar-refractivity contribution is 7.72. The van der Waals surface area contributed by atoms with Crippen molar-refractivity contribution in [2.45, 2.75) is 18.8 Å². The van der Waals surface area contributed by atoms with Gasteiger partial charge in [-0.1, -0.05) is 30.3 Å². The average molecular weight is 223 g/mol. The van der Waals surface area contributed by atoms with Gasteiger partial charge in [-0.05, 0) is 17.9 Å². The van der Waals surface area contributed by atoms with Crippen molar-refractivity contribution in [2.75, 3.05) is 6.54 Å². The van der Waals surface area contributed by atoms with Crippen molar-refractivity contribution in [1.82, 2.24) is 5.32 Å². The molecule has 0 bridgehead atoms. The molecule has 3 nitrogen and oxygen atoms in total. The van der Waals surface area contributed by atoms with Gasteiger partial charge in [-0.25, -0.2) is 0 Å². The number of benzene rings is 1. The summed E-state index contributed by atoms with van der Waals surface area (Å²) < 4.78 is 21.7. The highest BCUT2D eigenvalue weighted by atomic mass is 32.2. The van der Waals surface area contributed by atoms with Crippen LogP contribution in [0.1, 0.15) is 24.3 Å². The van der Waals surface area contributed by atoms with Crippen LogP contribution in [0, 0.1) is 0 Å². The highest BCUT2D eigenvalue weighted by Gasteiger charge is 2.19. The zero-order chi connectivity index (χ0) is 10.7. The van der Waals surface area contributed by atoms with Gasteiger partial charge in [0.05, 0.1) is 0 Å². The van der Waals surface area contributed by atoms with Crippen LogP contribution >= 0.6 is 0 Å². The Morgan fingerprint density at radius 3 is 2.60 bits per heavy atom. The minimum Gasteiger partial charge on any atom is -0.279 e. The van der Waals surface area contributed by atoms with E-state index in [4.69, 9.17) is 0 Å². The van der Waals surface area contributed by atoms with E-state index in [1.807, 2.05) is 18.2 Å². The van der Waals surface area contributed by atoms with Crippen LogP contribution in [0.25, 0.3) is 0 Å². The summed E-state index contributed by atoms with van der Waals surface area (Å²) in [6, 6.07) is 10.1. The first-order chi connectivity index (χ1) is 7.27. The fraction of sp³-hybridized carbons (Fsp3) is 0.364. The Kier molecular flexibility index (Phi) is 3.18. The number of hydrogen-bond acceptors (Lipinski definition) is 2. The summed E-state index contributed by atoms with van der Waals surface area (Å²) in [6.45, 7) is 0.739. The van der Waals surface area contributed by atoms with E-state index in [0.29, 0.717) is 17.3 Å². The van der Waals surface area contributed by atoms with Gasteiger partial charge in [0.15, 0.2) is 0 Å². The van der Waals surface area contributed by atoms with Gasteiger partial charge in [-0.3, -0.25) is 5.32 Å². The molecule has 1 unspecified atom stereocenters. The Labute approximate surface area is 90.7 Å². The van der Waals surface area contributed by atoms with Crippen LogP contribution in [0.3, 0.4) is 0 Å². The molecule has 4 heteroatoms. The lowest BCUT2D eigenvalue weighted by atomic mass is 9.90. The molecule has 1 saturated heterocycles. The summed E-state index contributed by atoms with van der Waals surface area (Å²) in [5, 5.41) is 2.92. The molecule has 1 aromatic rings. The number of nitrogens with one attached hydrogen (secondary N) is 1. The van der Waals surface area contributed by atoms with E-state index < -0.39 is 10.3 Å². The molecular weight excluding hydrogens is 210 g/mol. The highest BCUT2D eigenvalue weighted by Crippen LogP contribution is 2.25.